The van der Waals surface area contributed by atoms with E-state index in [0.717, 1.165) is 0 Å². The van der Waals surface area contributed by atoms with Crippen molar-refractivity contribution in [2.45, 2.75) is 25.1 Å². The van der Waals surface area contributed by atoms with E-state index in [1.54, 1.807) is 6.07 Å². The van der Waals surface area contributed by atoms with Crippen LogP contribution in [0.4, 0.5) is 17.6 Å². The Labute approximate surface area is 98.8 Å². The van der Waals surface area contributed by atoms with Gasteiger partial charge in [0.2, 0.25) is 0 Å². The van der Waals surface area contributed by atoms with Gasteiger partial charge in [0.05, 0.1) is 0 Å². The Morgan fingerprint density at radius 3 is 2.44 bits per heavy atom. The van der Waals surface area contributed by atoms with Crippen LogP contribution < -0.4 is 5.73 Å². The van der Waals surface area contributed by atoms with Crippen molar-refractivity contribution in [2.75, 3.05) is 0 Å². The van der Waals surface area contributed by atoms with Gasteiger partial charge in [-0.1, -0.05) is 22.0 Å². The van der Waals surface area contributed by atoms with Gasteiger partial charge in [-0.2, -0.15) is 13.2 Å². The van der Waals surface area contributed by atoms with Gasteiger partial charge in [-0.3, -0.25) is 0 Å². The molecule has 0 aliphatic heterocycles. The van der Waals surface area contributed by atoms with E-state index in [9.17, 15) is 17.6 Å². The van der Waals surface area contributed by atoms with Crippen molar-refractivity contribution in [3.63, 3.8) is 0 Å². The summed E-state index contributed by atoms with van der Waals surface area (Å²) in [7, 11) is 0. The van der Waals surface area contributed by atoms with Crippen LogP contribution in [0.15, 0.2) is 22.7 Å². The molecule has 0 bridgehead atoms. The second kappa shape index (κ2) is 5.14. The quantitative estimate of drug-likeness (QED) is 0.841. The fraction of sp³-hybridized carbons (Fsp3) is 0.400. The largest absolute Gasteiger partial charge is 0.389 e. The molecule has 16 heavy (non-hydrogen) atoms. The summed E-state index contributed by atoms with van der Waals surface area (Å²) in [4.78, 5) is 0. The van der Waals surface area contributed by atoms with Crippen LogP contribution in [0.5, 0.6) is 0 Å². The van der Waals surface area contributed by atoms with E-state index in [-0.39, 0.29) is 12.0 Å². The van der Waals surface area contributed by atoms with E-state index in [1.807, 2.05) is 0 Å². The number of hydrogen-bond acceptors (Lipinski definition) is 1. The zero-order valence-corrected chi connectivity index (χ0v) is 9.78. The molecule has 0 saturated carbocycles. The number of halogens is 5. The first kappa shape index (κ1) is 13.4. The summed E-state index contributed by atoms with van der Waals surface area (Å²) < 4.78 is 49.7. The minimum absolute atomic E-state index is 0.104. The average molecular weight is 300 g/mol. The van der Waals surface area contributed by atoms with Gasteiger partial charge in [0.15, 0.2) is 0 Å². The Morgan fingerprint density at radius 1 is 1.31 bits per heavy atom. The van der Waals surface area contributed by atoms with Gasteiger partial charge < -0.3 is 5.73 Å². The number of nitrogens with two attached hydrogens (primary N) is 1. The van der Waals surface area contributed by atoms with Gasteiger partial charge in [-0.05, 0) is 18.6 Å². The molecule has 0 saturated heterocycles. The first-order chi connectivity index (χ1) is 7.29. The maximum absolute atomic E-state index is 13.3. The normalized spacial score (nSPS) is 13.9. The average Bonchev–Trinajstić information content (AvgIpc) is 2.13. The molecule has 0 aliphatic carbocycles. The van der Waals surface area contributed by atoms with Crippen LogP contribution in [0.3, 0.4) is 0 Å². The van der Waals surface area contributed by atoms with E-state index in [1.165, 1.54) is 12.1 Å². The predicted molar refractivity (Wildman–Crippen MR) is 56.3 cm³/mol. The van der Waals surface area contributed by atoms with Crippen LogP contribution in [0.1, 0.15) is 24.4 Å². The van der Waals surface area contributed by atoms with Crippen LogP contribution in [0, 0.1) is 5.82 Å². The Bertz CT molecular complexity index is 364. The number of rotatable bonds is 3. The van der Waals surface area contributed by atoms with Crippen LogP contribution in [0.25, 0.3) is 0 Å². The third kappa shape index (κ3) is 4.09. The molecule has 1 atom stereocenters. The molecule has 0 aromatic heterocycles. The van der Waals surface area contributed by atoms with E-state index < -0.39 is 24.5 Å². The maximum atomic E-state index is 13.3. The highest BCUT2D eigenvalue weighted by Crippen LogP contribution is 2.28. The topological polar surface area (TPSA) is 26.0 Å². The summed E-state index contributed by atoms with van der Waals surface area (Å²) in [5.41, 5.74) is 5.60. The molecule has 0 spiro atoms. The standard InChI is InChI=1S/C10H10BrF4N/c11-6-1-2-7(8(12)5-6)9(16)3-4-10(13,14)15/h1-2,5,9H,3-4,16H2/t9-/m0/s1. The van der Waals surface area contributed by atoms with E-state index >= 15 is 0 Å². The highest BCUT2D eigenvalue weighted by atomic mass is 79.9. The number of hydrogen-bond donors (Lipinski definition) is 1. The van der Waals surface area contributed by atoms with Crippen molar-refractivity contribution in [3.8, 4) is 0 Å². The summed E-state index contributed by atoms with van der Waals surface area (Å²) >= 11 is 3.06. The van der Waals surface area contributed by atoms with Crippen LogP contribution in [-0.4, -0.2) is 6.18 Å². The van der Waals surface area contributed by atoms with Gasteiger partial charge in [0, 0.05) is 22.5 Å². The first-order valence-electron chi connectivity index (χ1n) is 4.57. The van der Waals surface area contributed by atoms with Crippen molar-refractivity contribution in [3.05, 3.63) is 34.1 Å². The first-order valence-corrected chi connectivity index (χ1v) is 5.36. The van der Waals surface area contributed by atoms with Crippen LogP contribution in [0.2, 0.25) is 0 Å². The molecule has 0 fully saturated rings. The van der Waals surface area contributed by atoms with Gasteiger partial charge in [0.25, 0.3) is 0 Å². The predicted octanol–water partition coefficient (Wildman–Crippen LogP) is 3.93. The SMILES string of the molecule is N[C@@H](CCC(F)(F)F)c1ccc(Br)cc1F. The lowest BCUT2D eigenvalue weighted by atomic mass is 10.0. The second-order valence-corrected chi connectivity index (χ2v) is 4.34. The fourth-order valence-electron chi connectivity index (χ4n) is 1.28. The molecular weight excluding hydrogens is 290 g/mol. The second-order valence-electron chi connectivity index (χ2n) is 3.43. The molecule has 0 amide bonds. The Morgan fingerprint density at radius 2 is 1.94 bits per heavy atom. The molecule has 6 heteroatoms. The molecule has 1 rings (SSSR count). The molecule has 1 aromatic rings. The van der Waals surface area contributed by atoms with Gasteiger partial charge >= 0.3 is 6.18 Å². The summed E-state index contributed by atoms with van der Waals surface area (Å²) in [6.07, 6.45) is -5.59. The molecule has 2 N–H and O–H groups in total. The van der Waals surface area contributed by atoms with Crippen LogP contribution >= 0.6 is 15.9 Å². The fourth-order valence-corrected chi connectivity index (χ4v) is 1.61. The number of benzene rings is 1. The zero-order chi connectivity index (χ0) is 12.3. The summed E-state index contributed by atoms with van der Waals surface area (Å²) in [5.74, 6) is -0.593. The van der Waals surface area contributed by atoms with Crippen molar-refractivity contribution in [1.82, 2.24) is 0 Å². The van der Waals surface area contributed by atoms with Gasteiger partial charge in [-0.25, -0.2) is 4.39 Å². The smallest absolute Gasteiger partial charge is 0.324 e. The summed E-state index contributed by atoms with van der Waals surface area (Å²) in [5, 5.41) is 0. The molecule has 0 unspecified atom stereocenters. The minimum Gasteiger partial charge on any atom is -0.324 e. The van der Waals surface area contributed by atoms with Crippen molar-refractivity contribution < 1.29 is 17.6 Å². The molecular formula is C10H10BrF4N. The molecule has 0 heterocycles. The van der Waals surface area contributed by atoms with E-state index in [0.29, 0.717) is 4.47 Å². The zero-order valence-electron chi connectivity index (χ0n) is 8.19. The lowest BCUT2D eigenvalue weighted by molar-refractivity contribution is -0.136. The molecule has 0 aliphatic rings. The van der Waals surface area contributed by atoms with Crippen molar-refractivity contribution in [2.24, 2.45) is 5.73 Å². The Kier molecular flexibility index (Phi) is 4.32. The van der Waals surface area contributed by atoms with Crippen molar-refractivity contribution in [1.29, 1.82) is 0 Å². The lowest BCUT2D eigenvalue weighted by Crippen LogP contribution is -2.16. The molecule has 90 valence electrons. The monoisotopic (exact) mass is 299 g/mol. The maximum Gasteiger partial charge on any atom is 0.389 e. The van der Waals surface area contributed by atoms with Crippen molar-refractivity contribution >= 4 is 15.9 Å². The Balaban J connectivity index is 2.70. The molecule has 0 radical (unpaired) electrons. The van der Waals surface area contributed by atoms with Gasteiger partial charge in [-0.15, -0.1) is 0 Å². The minimum atomic E-state index is -4.26. The summed E-state index contributed by atoms with van der Waals surface area (Å²) in [6, 6.07) is 3.18. The number of alkyl halides is 3. The lowest BCUT2D eigenvalue weighted by Gasteiger charge is -2.14. The van der Waals surface area contributed by atoms with E-state index in [2.05, 4.69) is 15.9 Å². The third-order valence-corrected chi connectivity index (χ3v) is 2.59. The molecule has 1 aromatic carbocycles. The molecule has 1 nitrogen and oxygen atoms in total. The van der Waals surface area contributed by atoms with Gasteiger partial charge in [0.1, 0.15) is 5.82 Å². The highest BCUT2D eigenvalue weighted by Gasteiger charge is 2.28. The summed E-state index contributed by atoms with van der Waals surface area (Å²) in [6.45, 7) is 0. The Hall–Kier alpha value is -0.620. The highest BCUT2D eigenvalue weighted by molar-refractivity contribution is 9.10. The van der Waals surface area contributed by atoms with E-state index in [4.69, 9.17) is 5.73 Å². The third-order valence-electron chi connectivity index (χ3n) is 2.10. The van der Waals surface area contributed by atoms with Crippen LogP contribution in [-0.2, 0) is 0 Å².